The predicted octanol–water partition coefficient (Wildman–Crippen LogP) is 4.19. The maximum absolute atomic E-state index is 12.5. The lowest BCUT2D eigenvalue weighted by atomic mass is 10.0. The van der Waals surface area contributed by atoms with E-state index >= 15 is 0 Å². The minimum Gasteiger partial charge on any atom is -0.361 e. The van der Waals surface area contributed by atoms with Crippen LogP contribution in [0.4, 0.5) is 0 Å². The van der Waals surface area contributed by atoms with Gasteiger partial charge in [0.15, 0.2) is 0 Å². The average molecular weight is 340 g/mol. The first-order chi connectivity index (χ1) is 11.6. The van der Waals surface area contributed by atoms with Crippen molar-refractivity contribution in [3.05, 3.63) is 75.3 Å². The Labute approximate surface area is 145 Å². The molecule has 2 aromatic heterocycles. The van der Waals surface area contributed by atoms with Gasteiger partial charge in [-0.3, -0.25) is 4.79 Å². The molecule has 0 aliphatic carbocycles. The zero-order valence-corrected chi connectivity index (χ0v) is 14.6. The van der Waals surface area contributed by atoms with Crippen LogP contribution < -0.4 is 5.32 Å². The number of amides is 1. The molecule has 0 aliphatic rings. The lowest BCUT2D eigenvalue weighted by molar-refractivity contribution is -0.121. The molecule has 5 heteroatoms. The standard InChI is InChI=1S/C19H20N2O2S/c1-13-16(14(2)23-21-13)10-11-18(22)20-19(17-9-6-12-24-17)15-7-4-3-5-8-15/h3-9,12,19H,10-11H2,1-2H3,(H,20,22)/t19-/m0/s1. The van der Waals surface area contributed by atoms with Crippen LogP contribution in [0.2, 0.25) is 0 Å². The summed E-state index contributed by atoms with van der Waals surface area (Å²) in [5.74, 6) is 0.815. The molecule has 1 atom stereocenters. The summed E-state index contributed by atoms with van der Waals surface area (Å²) in [7, 11) is 0. The number of carbonyl (C=O) groups excluding carboxylic acids is 1. The fourth-order valence-corrected chi connectivity index (χ4v) is 3.55. The van der Waals surface area contributed by atoms with E-state index in [9.17, 15) is 4.79 Å². The highest BCUT2D eigenvalue weighted by Crippen LogP contribution is 2.26. The Balaban J connectivity index is 1.70. The highest BCUT2D eigenvalue weighted by atomic mass is 32.1. The Morgan fingerprint density at radius 2 is 2.00 bits per heavy atom. The number of thiophene rings is 1. The molecule has 0 fully saturated rings. The Bertz CT molecular complexity index is 775. The molecule has 1 N–H and O–H groups in total. The summed E-state index contributed by atoms with van der Waals surface area (Å²) in [6, 6.07) is 14.0. The molecular formula is C19H20N2O2S. The maximum Gasteiger partial charge on any atom is 0.221 e. The number of hydrogen-bond donors (Lipinski definition) is 1. The van der Waals surface area contributed by atoms with E-state index in [0.717, 1.165) is 27.5 Å². The van der Waals surface area contributed by atoms with Crippen LogP contribution in [0.15, 0.2) is 52.4 Å². The van der Waals surface area contributed by atoms with E-state index in [0.29, 0.717) is 12.8 Å². The van der Waals surface area contributed by atoms with Gasteiger partial charge in [-0.1, -0.05) is 41.6 Å². The lowest BCUT2D eigenvalue weighted by Crippen LogP contribution is -2.29. The van der Waals surface area contributed by atoms with Gasteiger partial charge < -0.3 is 9.84 Å². The third-order valence-electron chi connectivity index (χ3n) is 4.05. The molecular weight excluding hydrogens is 320 g/mol. The molecule has 1 aromatic carbocycles. The fraction of sp³-hybridized carbons (Fsp3) is 0.263. The second-order valence-corrected chi connectivity index (χ2v) is 6.71. The number of carbonyl (C=O) groups is 1. The number of aryl methyl sites for hydroxylation is 2. The molecule has 0 radical (unpaired) electrons. The van der Waals surface area contributed by atoms with Gasteiger partial charge in [0.1, 0.15) is 5.76 Å². The van der Waals surface area contributed by atoms with Gasteiger partial charge in [-0.15, -0.1) is 11.3 Å². The highest BCUT2D eigenvalue weighted by Gasteiger charge is 2.18. The van der Waals surface area contributed by atoms with Gasteiger partial charge in [-0.05, 0) is 37.3 Å². The second-order valence-electron chi connectivity index (χ2n) is 5.73. The summed E-state index contributed by atoms with van der Waals surface area (Å²) in [4.78, 5) is 13.6. The quantitative estimate of drug-likeness (QED) is 0.732. The van der Waals surface area contributed by atoms with E-state index < -0.39 is 0 Å². The molecule has 4 nitrogen and oxygen atoms in total. The SMILES string of the molecule is Cc1noc(C)c1CCC(=O)N[C@@H](c1ccccc1)c1cccs1. The summed E-state index contributed by atoms with van der Waals surface area (Å²) in [5, 5.41) is 9.12. The normalized spacial score (nSPS) is 12.1. The molecule has 1 amide bonds. The van der Waals surface area contributed by atoms with Crippen molar-refractivity contribution in [3.8, 4) is 0 Å². The Morgan fingerprint density at radius 1 is 1.21 bits per heavy atom. The van der Waals surface area contributed by atoms with Gasteiger partial charge in [0.2, 0.25) is 5.91 Å². The summed E-state index contributed by atoms with van der Waals surface area (Å²) < 4.78 is 5.16. The smallest absolute Gasteiger partial charge is 0.221 e. The van der Waals surface area contributed by atoms with Gasteiger partial charge in [0, 0.05) is 16.9 Å². The first kappa shape index (κ1) is 16.5. The van der Waals surface area contributed by atoms with Crippen LogP contribution in [-0.4, -0.2) is 11.1 Å². The summed E-state index contributed by atoms with van der Waals surface area (Å²) in [6.45, 7) is 3.79. The van der Waals surface area contributed by atoms with Crippen molar-refractivity contribution in [3.63, 3.8) is 0 Å². The lowest BCUT2D eigenvalue weighted by Gasteiger charge is -2.18. The molecule has 0 aliphatic heterocycles. The van der Waals surface area contributed by atoms with Crippen molar-refractivity contribution in [2.24, 2.45) is 0 Å². The number of aromatic nitrogens is 1. The van der Waals surface area contributed by atoms with Crippen molar-refractivity contribution in [2.75, 3.05) is 0 Å². The first-order valence-corrected chi connectivity index (χ1v) is 8.82. The van der Waals surface area contributed by atoms with Gasteiger partial charge >= 0.3 is 0 Å². The minimum absolute atomic E-state index is 0.0252. The third kappa shape index (κ3) is 3.74. The van der Waals surface area contributed by atoms with Crippen molar-refractivity contribution in [1.29, 1.82) is 0 Å². The van der Waals surface area contributed by atoms with E-state index in [-0.39, 0.29) is 11.9 Å². The van der Waals surface area contributed by atoms with Gasteiger partial charge in [0.25, 0.3) is 0 Å². The van der Waals surface area contributed by atoms with E-state index in [4.69, 9.17) is 4.52 Å². The Kier molecular flexibility index (Phi) is 5.11. The van der Waals surface area contributed by atoms with Crippen molar-refractivity contribution in [2.45, 2.75) is 32.7 Å². The van der Waals surface area contributed by atoms with Crippen LogP contribution in [0, 0.1) is 13.8 Å². The van der Waals surface area contributed by atoms with Crippen LogP contribution in [0.3, 0.4) is 0 Å². The molecule has 124 valence electrons. The van der Waals surface area contributed by atoms with Gasteiger partial charge in [-0.2, -0.15) is 0 Å². The minimum atomic E-state index is -0.108. The third-order valence-corrected chi connectivity index (χ3v) is 4.99. The topological polar surface area (TPSA) is 55.1 Å². The maximum atomic E-state index is 12.5. The largest absolute Gasteiger partial charge is 0.361 e. The predicted molar refractivity (Wildman–Crippen MR) is 95.0 cm³/mol. The van der Waals surface area contributed by atoms with Crippen LogP contribution in [0.1, 0.15) is 39.9 Å². The van der Waals surface area contributed by atoms with Gasteiger partial charge in [0.05, 0.1) is 11.7 Å². The van der Waals surface area contributed by atoms with Crippen molar-refractivity contribution < 1.29 is 9.32 Å². The molecule has 2 heterocycles. The number of benzene rings is 1. The molecule has 0 saturated carbocycles. The second kappa shape index (κ2) is 7.45. The fourth-order valence-electron chi connectivity index (χ4n) is 2.75. The van der Waals surface area contributed by atoms with E-state index in [2.05, 4.69) is 16.5 Å². The molecule has 0 unspecified atom stereocenters. The average Bonchev–Trinajstić information content (AvgIpc) is 3.23. The van der Waals surface area contributed by atoms with E-state index in [1.54, 1.807) is 11.3 Å². The van der Waals surface area contributed by atoms with Crippen LogP contribution >= 0.6 is 11.3 Å². The zero-order valence-electron chi connectivity index (χ0n) is 13.8. The molecule has 0 spiro atoms. The number of nitrogens with zero attached hydrogens (tertiary/aromatic N) is 1. The molecule has 3 rings (SSSR count). The van der Waals surface area contributed by atoms with E-state index in [1.165, 1.54) is 0 Å². The molecule has 0 bridgehead atoms. The van der Waals surface area contributed by atoms with Crippen molar-refractivity contribution in [1.82, 2.24) is 10.5 Å². The summed E-state index contributed by atoms with van der Waals surface area (Å²) in [6.07, 6.45) is 1.05. The zero-order chi connectivity index (χ0) is 16.9. The van der Waals surface area contributed by atoms with Crippen molar-refractivity contribution >= 4 is 17.2 Å². The Hall–Kier alpha value is -2.40. The first-order valence-electron chi connectivity index (χ1n) is 7.94. The number of nitrogens with one attached hydrogen (secondary N) is 1. The summed E-state index contributed by atoms with van der Waals surface area (Å²) >= 11 is 1.65. The Morgan fingerprint density at radius 3 is 2.62 bits per heavy atom. The number of rotatable bonds is 6. The highest BCUT2D eigenvalue weighted by molar-refractivity contribution is 7.10. The van der Waals surface area contributed by atoms with Crippen LogP contribution in [-0.2, 0) is 11.2 Å². The molecule has 3 aromatic rings. The summed E-state index contributed by atoms with van der Waals surface area (Å²) in [5.41, 5.74) is 2.97. The van der Waals surface area contributed by atoms with Crippen LogP contribution in [0.25, 0.3) is 0 Å². The van der Waals surface area contributed by atoms with Crippen LogP contribution in [0.5, 0.6) is 0 Å². The van der Waals surface area contributed by atoms with E-state index in [1.807, 2.05) is 55.6 Å². The monoisotopic (exact) mass is 340 g/mol. The van der Waals surface area contributed by atoms with Gasteiger partial charge in [-0.25, -0.2) is 0 Å². The number of hydrogen-bond acceptors (Lipinski definition) is 4. The molecule has 0 saturated heterocycles. The molecule has 24 heavy (non-hydrogen) atoms.